The first kappa shape index (κ1) is 11.8. The van der Waals surface area contributed by atoms with Gasteiger partial charge in [0, 0.05) is 24.8 Å². The van der Waals surface area contributed by atoms with E-state index in [0.29, 0.717) is 6.54 Å². The standard InChI is InChI=1S/C11H20N2O3/c14-8-11(3-4-11)12-7-10(15)13-9-1-5-16-6-2-9/h9,12,14H,1-8H2,(H,13,15). The lowest BCUT2D eigenvalue weighted by atomic mass is 10.1. The van der Waals surface area contributed by atoms with E-state index in [1.165, 1.54) is 0 Å². The van der Waals surface area contributed by atoms with Crippen molar-refractivity contribution >= 4 is 5.91 Å². The average molecular weight is 228 g/mol. The van der Waals surface area contributed by atoms with E-state index >= 15 is 0 Å². The van der Waals surface area contributed by atoms with Gasteiger partial charge in [0.15, 0.2) is 0 Å². The van der Waals surface area contributed by atoms with Crippen LogP contribution in [0.1, 0.15) is 25.7 Å². The number of aliphatic hydroxyl groups is 1. The summed E-state index contributed by atoms with van der Waals surface area (Å²) in [7, 11) is 0. The smallest absolute Gasteiger partial charge is 0.234 e. The molecule has 5 nitrogen and oxygen atoms in total. The molecule has 1 saturated heterocycles. The highest BCUT2D eigenvalue weighted by Crippen LogP contribution is 2.34. The summed E-state index contributed by atoms with van der Waals surface area (Å²) >= 11 is 0. The molecule has 92 valence electrons. The number of aliphatic hydroxyl groups excluding tert-OH is 1. The van der Waals surface area contributed by atoms with Crippen molar-refractivity contribution in [2.75, 3.05) is 26.4 Å². The number of ether oxygens (including phenoxy) is 1. The van der Waals surface area contributed by atoms with Crippen molar-refractivity contribution < 1.29 is 14.6 Å². The Labute approximate surface area is 95.5 Å². The summed E-state index contributed by atoms with van der Waals surface area (Å²) in [5.41, 5.74) is -0.160. The van der Waals surface area contributed by atoms with Crippen molar-refractivity contribution in [2.45, 2.75) is 37.3 Å². The molecule has 1 saturated carbocycles. The quantitative estimate of drug-likeness (QED) is 0.587. The highest BCUT2D eigenvalue weighted by atomic mass is 16.5. The molecule has 1 aliphatic heterocycles. The van der Waals surface area contributed by atoms with Crippen LogP contribution in [0, 0.1) is 0 Å². The first-order chi connectivity index (χ1) is 7.74. The number of rotatable bonds is 5. The largest absolute Gasteiger partial charge is 0.394 e. The van der Waals surface area contributed by atoms with E-state index in [4.69, 9.17) is 9.84 Å². The summed E-state index contributed by atoms with van der Waals surface area (Å²) in [5, 5.41) is 15.2. The van der Waals surface area contributed by atoms with Crippen LogP contribution in [0.5, 0.6) is 0 Å². The van der Waals surface area contributed by atoms with E-state index < -0.39 is 0 Å². The summed E-state index contributed by atoms with van der Waals surface area (Å²) < 4.78 is 5.22. The molecule has 1 aliphatic carbocycles. The molecule has 1 heterocycles. The van der Waals surface area contributed by atoms with E-state index in [0.717, 1.165) is 38.9 Å². The number of amides is 1. The van der Waals surface area contributed by atoms with Crippen LogP contribution in [0.2, 0.25) is 0 Å². The van der Waals surface area contributed by atoms with Crippen LogP contribution in [0.15, 0.2) is 0 Å². The summed E-state index contributed by atoms with van der Waals surface area (Å²) in [6.45, 7) is 1.90. The van der Waals surface area contributed by atoms with Crippen LogP contribution >= 0.6 is 0 Å². The second-order valence-corrected chi connectivity index (χ2v) is 4.75. The SMILES string of the molecule is O=C(CNC1(CO)CC1)NC1CCOCC1. The lowest BCUT2D eigenvalue weighted by Gasteiger charge is -2.23. The molecule has 1 amide bonds. The third-order valence-electron chi connectivity index (χ3n) is 3.37. The molecule has 3 N–H and O–H groups in total. The lowest BCUT2D eigenvalue weighted by molar-refractivity contribution is -0.121. The zero-order valence-corrected chi connectivity index (χ0v) is 9.50. The van der Waals surface area contributed by atoms with Crippen LogP contribution in [-0.4, -0.2) is 49.0 Å². The molecule has 0 atom stereocenters. The van der Waals surface area contributed by atoms with E-state index in [1.54, 1.807) is 0 Å². The van der Waals surface area contributed by atoms with Crippen LogP contribution < -0.4 is 10.6 Å². The maximum absolute atomic E-state index is 11.6. The van der Waals surface area contributed by atoms with E-state index in [-0.39, 0.29) is 24.1 Å². The molecule has 5 heteroatoms. The van der Waals surface area contributed by atoms with Crippen molar-refractivity contribution in [3.63, 3.8) is 0 Å². The van der Waals surface area contributed by atoms with Gasteiger partial charge in [0.25, 0.3) is 0 Å². The highest BCUT2D eigenvalue weighted by molar-refractivity contribution is 5.78. The number of hydrogen-bond acceptors (Lipinski definition) is 4. The van der Waals surface area contributed by atoms with Crippen LogP contribution in [-0.2, 0) is 9.53 Å². The van der Waals surface area contributed by atoms with Crippen LogP contribution in [0.3, 0.4) is 0 Å². The highest BCUT2D eigenvalue weighted by Gasteiger charge is 2.41. The fraction of sp³-hybridized carbons (Fsp3) is 0.909. The fourth-order valence-electron chi connectivity index (χ4n) is 1.93. The van der Waals surface area contributed by atoms with Crippen molar-refractivity contribution in [3.05, 3.63) is 0 Å². The average Bonchev–Trinajstić information content (AvgIpc) is 3.09. The Morgan fingerprint density at radius 1 is 1.38 bits per heavy atom. The van der Waals surface area contributed by atoms with E-state index in [9.17, 15) is 4.79 Å². The van der Waals surface area contributed by atoms with Crippen LogP contribution in [0.25, 0.3) is 0 Å². The molecule has 0 spiro atoms. The Hall–Kier alpha value is -0.650. The van der Waals surface area contributed by atoms with Gasteiger partial charge in [0.05, 0.1) is 13.2 Å². The minimum Gasteiger partial charge on any atom is -0.394 e. The molecule has 0 aromatic carbocycles. The van der Waals surface area contributed by atoms with Gasteiger partial charge in [-0.05, 0) is 25.7 Å². The molecular formula is C11H20N2O3. The minimum atomic E-state index is -0.160. The summed E-state index contributed by atoms with van der Waals surface area (Å²) in [5.74, 6) is 0.0200. The van der Waals surface area contributed by atoms with Gasteiger partial charge in [-0.15, -0.1) is 0 Å². The third-order valence-corrected chi connectivity index (χ3v) is 3.37. The van der Waals surface area contributed by atoms with Gasteiger partial charge in [0.1, 0.15) is 0 Å². The molecule has 0 radical (unpaired) electrons. The monoisotopic (exact) mass is 228 g/mol. The molecule has 2 fully saturated rings. The topological polar surface area (TPSA) is 70.6 Å². The summed E-state index contributed by atoms with van der Waals surface area (Å²) in [6.07, 6.45) is 3.73. The van der Waals surface area contributed by atoms with Gasteiger partial charge in [0.2, 0.25) is 5.91 Å². The van der Waals surface area contributed by atoms with Crippen LogP contribution in [0.4, 0.5) is 0 Å². The van der Waals surface area contributed by atoms with Crippen molar-refractivity contribution in [1.82, 2.24) is 10.6 Å². The maximum atomic E-state index is 11.6. The van der Waals surface area contributed by atoms with Gasteiger partial charge < -0.3 is 20.5 Å². The second kappa shape index (κ2) is 5.12. The molecule has 2 aliphatic rings. The Morgan fingerprint density at radius 2 is 2.06 bits per heavy atom. The molecule has 0 unspecified atom stereocenters. The maximum Gasteiger partial charge on any atom is 0.234 e. The molecule has 2 rings (SSSR count). The molecule has 0 aromatic heterocycles. The zero-order valence-electron chi connectivity index (χ0n) is 9.50. The first-order valence-corrected chi connectivity index (χ1v) is 5.97. The molecule has 0 aromatic rings. The molecular weight excluding hydrogens is 208 g/mol. The predicted molar refractivity (Wildman–Crippen MR) is 59.0 cm³/mol. The summed E-state index contributed by atoms with van der Waals surface area (Å²) in [6, 6.07) is 0.257. The predicted octanol–water partition coefficient (Wildman–Crippen LogP) is -0.604. The Morgan fingerprint density at radius 3 is 2.62 bits per heavy atom. The van der Waals surface area contributed by atoms with Gasteiger partial charge >= 0.3 is 0 Å². The second-order valence-electron chi connectivity index (χ2n) is 4.75. The van der Waals surface area contributed by atoms with Crippen molar-refractivity contribution in [1.29, 1.82) is 0 Å². The third kappa shape index (κ3) is 3.17. The van der Waals surface area contributed by atoms with Gasteiger partial charge in [-0.2, -0.15) is 0 Å². The fourth-order valence-corrected chi connectivity index (χ4v) is 1.93. The number of carbonyl (C=O) groups is 1. The van der Waals surface area contributed by atoms with Crippen molar-refractivity contribution in [3.8, 4) is 0 Å². The Bertz CT molecular complexity index is 248. The first-order valence-electron chi connectivity index (χ1n) is 5.97. The van der Waals surface area contributed by atoms with E-state index in [2.05, 4.69) is 10.6 Å². The van der Waals surface area contributed by atoms with E-state index in [1.807, 2.05) is 0 Å². The Kier molecular flexibility index (Phi) is 3.78. The minimum absolute atomic E-state index is 0.0200. The molecule has 0 bridgehead atoms. The number of hydrogen-bond donors (Lipinski definition) is 3. The molecule has 16 heavy (non-hydrogen) atoms. The normalized spacial score (nSPS) is 24.1. The van der Waals surface area contributed by atoms with Gasteiger partial charge in [-0.1, -0.05) is 0 Å². The lowest BCUT2D eigenvalue weighted by Crippen LogP contribution is -2.46. The Balaban J connectivity index is 1.64. The summed E-state index contributed by atoms with van der Waals surface area (Å²) in [4.78, 5) is 11.6. The number of nitrogens with one attached hydrogen (secondary N) is 2. The van der Waals surface area contributed by atoms with Gasteiger partial charge in [-0.25, -0.2) is 0 Å². The van der Waals surface area contributed by atoms with Crippen molar-refractivity contribution in [2.24, 2.45) is 0 Å². The van der Waals surface area contributed by atoms with Gasteiger partial charge in [-0.3, -0.25) is 4.79 Å². The zero-order chi connectivity index (χ0) is 11.4. The number of carbonyl (C=O) groups excluding carboxylic acids is 1.